The molecule has 1 aromatic heterocycles. The van der Waals surface area contributed by atoms with Gasteiger partial charge in [0.2, 0.25) is 0 Å². The van der Waals surface area contributed by atoms with Crippen LogP contribution in [0.4, 0.5) is 0 Å². The lowest BCUT2D eigenvalue weighted by Crippen LogP contribution is -2.47. The third-order valence-corrected chi connectivity index (χ3v) is 7.15. The van der Waals surface area contributed by atoms with E-state index >= 15 is 0 Å². The molecule has 3 saturated heterocycles. The van der Waals surface area contributed by atoms with Gasteiger partial charge in [0.1, 0.15) is 0 Å². The Kier molecular flexibility index (Phi) is 4.58. The number of hydrogen-bond acceptors (Lipinski definition) is 4. The maximum Gasteiger partial charge on any atom is 0.253 e. The molecule has 5 heteroatoms. The van der Waals surface area contributed by atoms with Gasteiger partial charge in [-0.25, -0.2) is 9.97 Å². The lowest BCUT2D eigenvalue weighted by molar-refractivity contribution is 0.0717. The summed E-state index contributed by atoms with van der Waals surface area (Å²) in [5, 5.41) is 0. The molecule has 4 fully saturated rings. The minimum absolute atomic E-state index is 0.157. The predicted molar refractivity (Wildman–Crippen MR) is 110 cm³/mol. The number of fused-ring (bicyclic) bond motifs is 5. The van der Waals surface area contributed by atoms with Gasteiger partial charge in [0.25, 0.3) is 5.91 Å². The number of piperidine rings is 1. The third kappa shape index (κ3) is 3.30. The quantitative estimate of drug-likeness (QED) is 0.819. The fraction of sp³-hybridized carbons (Fsp3) is 0.609. The maximum absolute atomic E-state index is 13.3. The lowest BCUT2D eigenvalue weighted by atomic mass is 9.83. The summed E-state index contributed by atoms with van der Waals surface area (Å²) in [6.45, 7) is 8.13. The van der Waals surface area contributed by atoms with E-state index < -0.39 is 0 Å². The molecule has 1 saturated carbocycles. The first-order valence-corrected chi connectivity index (χ1v) is 10.8. The lowest BCUT2D eigenvalue weighted by Gasteiger charge is -2.40. The first kappa shape index (κ1) is 18.0. The van der Waals surface area contributed by atoms with E-state index in [-0.39, 0.29) is 5.91 Å². The molecule has 1 aliphatic carbocycles. The Bertz CT molecular complexity index is 907. The van der Waals surface area contributed by atoms with Crippen molar-refractivity contribution < 1.29 is 4.79 Å². The topological polar surface area (TPSA) is 49.3 Å². The highest BCUT2D eigenvalue weighted by molar-refractivity contribution is 5.97. The molecule has 6 rings (SSSR count). The van der Waals surface area contributed by atoms with Crippen LogP contribution in [-0.4, -0.2) is 57.9 Å². The van der Waals surface area contributed by atoms with Gasteiger partial charge in [0.05, 0.1) is 22.4 Å². The van der Waals surface area contributed by atoms with Gasteiger partial charge >= 0.3 is 0 Å². The van der Waals surface area contributed by atoms with Crippen molar-refractivity contribution in [3.05, 3.63) is 35.2 Å². The monoisotopic (exact) mass is 378 g/mol. The van der Waals surface area contributed by atoms with Gasteiger partial charge in [-0.15, -0.1) is 0 Å². The maximum atomic E-state index is 13.3. The summed E-state index contributed by atoms with van der Waals surface area (Å²) in [5.74, 6) is 1.67. The van der Waals surface area contributed by atoms with Crippen molar-refractivity contribution in [2.75, 3.05) is 26.2 Å². The molecule has 2 atom stereocenters. The largest absolute Gasteiger partial charge is 0.337 e. The van der Waals surface area contributed by atoms with Crippen LogP contribution in [0.3, 0.4) is 0 Å². The zero-order valence-corrected chi connectivity index (χ0v) is 17.0. The molecule has 2 bridgehead atoms. The molecular formula is C23H30N4O. The van der Waals surface area contributed by atoms with Gasteiger partial charge in [0, 0.05) is 37.8 Å². The van der Waals surface area contributed by atoms with Crippen molar-refractivity contribution in [1.29, 1.82) is 0 Å². The molecule has 4 heterocycles. The molecule has 0 spiro atoms. The zero-order chi connectivity index (χ0) is 19.3. The van der Waals surface area contributed by atoms with Crippen molar-refractivity contribution in [3.8, 4) is 0 Å². The van der Waals surface area contributed by atoms with Crippen molar-refractivity contribution in [2.45, 2.75) is 52.0 Å². The first-order valence-electron chi connectivity index (χ1n) is 10.8. The van der Waals surface area contributed by atoms with Crippen molar-refractivity contribution in [3.63, 3.8) is 0 Å². The van der Waals surface area contributed by atoms with Crippen LogP contribution in [0, 0.1) is 25.7 Å². The molecule has 2 aromatic rings. The number of hydrogen-bond donors (Lipinski definition) is 0. The van der Waals surface area contributed by atoms with E-state index in [9.17, 15) is 4.79 Å². The summed E-state index contributed by atoms with van der Waals surface area (Å²) in [5.41, 5.74) is 4.30. The molecule has 0 N–H and O–H groups in total. The normalized spacial score (nSPS) is 25.7. The highest BCUT2D eigenvalue weighted by Gasteiger charge is 2.38. The Morgan fingerprint density at radius 1 is 1.00 bits per heavy atom. The predicted octanol–water partition coefficient (Wildman–Crippen LogP) is 3.58. The van der Waals surface area contributed by atoms with Crippen molar-refractivity contribution in [2.24, 2.45) is 11.8 Å². The van der Waals surface area contributed by atoms with Crippen molar-refractivity contribution >= 4 is 16.9 Å². The fourth-order valence-electron chi connectivity index (χ4n) is 5.12. The minimum Gasteiger partial charge on any atom is -0.337 e. The van der Waals surface area contributed by atoms with E-state index in [1.54, 1.807) is 0 Å². The second kappa shape index (κ2) is 7.11. The molecule has 0 radical (unpaired) electrons. The van der Waals surface area contributed by atoms with Gasteiger partial charge in [-0.3, -0.25) is 9.69 Å². The number of carbonyl (C=O) groups is 1. The van der Waals surface area contributed by atoms with E-state index in [1.807, 2.05) is 32.0 Å². The third-order valence-electron chi connectivity index (χ3n) is 7.15. The average Bonchev–Trinajstić information content (AvgIpc) is 2.96. The van der Waals surface area contributed by atoms with Gasteiger partial charge in [-0.1, -0.05) is 6.42 Å². The van der Waals surface area contributed by atoms with Gasteiger partial charge < -0.3 is 4.90 Å². The van der Waals surface area contributed by atoms with E-state index in [2.05, 4.69) is 19.8 Å². The van der Waals surface area contributed by atoms with Crippen LogP contribution in [0.25, 0.3) is 11.0 Å². The average molecular weight is 379 g/mol. The molecule has 1 aromatic carbocycles. The summed E-state index contributed by atoms with van der Waals surface area (Å²) >= 11 is 0. The van der Waals surface area contributed by atoms with E-state index in [0.29, 0.717) is 12.0 Å². The number of amides is 1. The number of nitrogens with zero attached hydrogens (tertiary/aromatic N) is 4. The Balaban J connectivity index is 1.36. The zero-order valence-electron chi connectivity index (χ0n) is 17.0. The molecule has 1 amide bonds. The minimum atomic E-state index is 0.157. The summed E-state index contributed by atoms with van der Waals surface area (Å²) in [6, 6.07) is 6.33. The van der Waals surface area contributed by atoms with Crippen LogP contribution in [-0.2, 0) is 0 Å². The molecule has 0 unspecified atom stereocenters. The summed E-state index contributed by atoms with van der Waals surface area (Å²) < 4.78 is 0. The number of aryl methyl sites for hydroxylation is 2. The fourth-order valence-corrected chi connectivity index (χ4v) is 5.12. The van der Waals surface area contributed by atoms with Gasteiger partial charge in [-0.05, 0) is 69.6 Å². The van der Waals surface area contributed by atoms with Gasteiger partial charge in [-0.2, -0.15) is 0 Å². The van der Waals surface area contributed by atoms with Crippen LogP contribution in [0.2, 0.25) is 0 Å². The van der Waals surface area contributed by atoms with Crippen LogP contribution in [0.15, 0.2) is 18.2 Å². The van der Waals surface area contributed by atoms with E-state index in [0.717, 1.165) is 47.0 Å². The summed E-state index contributed by atoms with van der Waals surface area (Å²) in [4.78, 5) is 27.4. The second-order valence-corrected chi connectivity index (χ2v) is 9.16. The molecular weight excluding hydrogens is 348 g/mol. The van der Waals surface area contributed by atoms with Crippen LogP contribution < -0.4 is 0 Å². The van der Waals surface area contributed by atoms with Crippen LogP contribution in [0.5, 0.6) is 0 Å². The van der Waals surface area contributed by atoms with Gasteiger partial charge in [0.15, 0.2) is 0 Å². The van der Waals surface area contributed by atoms with Crippen LogP contribution >= 0.6 is 0 Å². The highest BCUT2D eigenvalue weighted by Crippen LogP contribution is 2.33. The Hall–Kier alpha value is -2.01. The molecule has 28 heavy (non-hydrogen) atoms. The van der Waals surface area contributed by atoms with Crippen molar-refractivity contribution in [1.82, 2.24) is 19.8 Å². The smallest absolute Gasteiger partial charge is 0.253 e. The molecule has 5 nitrogen and oxygen atoms in total. The summed E-state index contributed by atoms with van der Waals surface area (Å²) in [7, 11) is 0. The first-order chi connectivity index (χ1) is 13.6. The SMILES string of the molecule is Cc1nc2ccc(C(=O)N3C[C@H]4CC[C@@H](C3)N(CC3CCC3)C4)cc2nc1C. The molecule has 3 aliphatic heterocycles. The Morgan fingerprint density at radius 2 is 1.79 bits per heavy atom. The number of benzene rings is 1. The van der Waals surface area contributed by atoms with E-state index in [4.69, 9.17) is 0 Å². The van der Waals surface area contributed by atoms with E-state index in [1.165, 1.54) is 45.2 Å². The van der Waals surface area contributed by atoms with Crippen LogP contribution in [0.1, 0.15) is 53.8 Å². The number of rotatable bonds is 3. The molecule has 4 aliphatic rings. The Labute approximate surface area is 167 Å². The summed E-state index contributed by atoms with van der Waals surface area (Å²) in [6.07, 6.45) is 6.70. The highest BCUT2D eigenvalue weighted by atomic mass is 16.2. The second-order valence-electron chi connectivity index (χ2n) is 9.16. The number of carbonyl (C=O) groups excluding carboxylic acids is 1. The number of aromatic nitrogens is 2. The molecule has 148 valence electrons. The standard InChI is InChI=1S/C23H30N4O/c1-15-16(2)25-22-10-19(7-9-21(22)24-15)23(28)27-13-18-6-8-20(14-27)26(12-18)11-17-4-3-5-17/h7,9-10,17-18,20H,3-6,8,11-14H2,1-2H3/t18-,20-/m0/s1. The Morgan fingerprint density at radius 3 is 2.54 bits per heavy atom.